The summed E-state index contributed by atoms with van der Waals surface area (Å²) in [6, 6.07) is 8.52. The minimum atomic E-state index is 0. The largest absolute Gasteiger partial charge is 0.375 e. The molecule has 0 aliphatic carbocycles. The van der Waals surface area contributed by atoms with Crippen LogP contribution >= 0.6 is 35.3 Å². The van der Waals surface area contributed by atoms with Gasteiger partial charge in [-0.1, -0.05) is 18.2 Å². The minimum absolute atomic E-state index is 0. The Morgan fingerprint density at radius 2 is 2.07 bits per heavy atom. The smallest absolute Gasteiger partial charge is 0.193 e. The number of guanidine groups is 1. The molecule has 1 heterocycles. The molecule has 0 aliphatic rings. The summed E-state index contributed by atoms with van der Waals surface area (Å²) >= 11 is 1.64. The molecule has 0 bridgehead atoms. The number of para-hydroxylation sites is 1. The molecule has 8 heteroatoms. The summed E-state index contributed by atoms with van der Waals surface area (Å²) in [5, 5.41) is 6.56. The number of hydrogen-bond donors (Lipinski definition) is 1. The van der Waals surface area contributed by atoms with Gasteiger partial charge in [-0.2, -0.15) is 0 Å². The van der Waals surface area contributed by atoms with Gasteiger partial charge in [-0.05, 0) is 32.4 Å². The number of rotatable bonds is 9. The number of thiazole rings is 1. The molecule has 0 fully saturated rings. The molecule has 1 aromatic carbocycles. The Hall–Kier alpha value is -1.39. The average Bonchev–Trinajstić information content (AvgIpc) is 3.16. The minimum Gasteiger partial charge on any atom is -0.375 e. The van der Waals surface area contributed by atoms with E-state index >= 15 is 0 Å². The molecule has 162 valence electrons. The highest BCUT2D eigenvalue weighted by atomic mass is 127. The zero-order valence-corrected chi connectivity index (χ0v) is 21.5. The quantitative estimate of drug-likeness (QED) is 0.297. The Balaban J connectivity index is 0.00000420. The normalized spacial score (nSPS) is 12.3. The van der Waals surface area contributed by atoms with E-state index in [0.29, 0.717) is 6.54 Å². The Morgan fingerprint density at radius 3 is 2.69 bits per heavy atom. The fourth-order valence-corrected chi connectivity index (χ4v) is 3.90. The second-order valence-corrected chi connectivity index (χ2v) is 7.64. The summed E-state index contributed by atoms with van der Waals surface area (Å²) in [5.41, 5.74) is 3.62. The first kappa shape index (κ1) is 25.6. The van der Waals surface area contributed by atoms with Crippen molar-refractivity contribution in [2.75, 3.05) is 45.7 Å². The van der Waals surface area contributed by atoms with Crippen molar-refractivity contribution in [3.63, 3.8) is 0 Å². The number of ether oxygens (including phenoxy) is 1. The van der Waals surface area contributed by atoms with E-state index in [2.05, 4.69) is 68.6 Å². The molecule has 0 amide bonds. The molecule has 1 unspecified atom stereocenters. The molecule has 1 aromatic heterocycles. The molecule has 0 saturated carbocycles. The highest BCUT2D eigenvalue weighted by Gasteiger charge is 2.13. The van der Waals surface area contributed by atoms with Gasteiger partial charge in [0, 0.05) is 51.9 Å². The molecule has 0 saturated heterocycles. The number of nitrogens with zero attached hydrogens (tertiary/aromatic N) is 4. The van der Waals surface area contributed by atoms with Crippen LogP contribution in [0.1, 0.15) is 36.2 Å². The lowest BCUT2D eigenvalue weighted by Gasteiger charge is -2.27. The van der Waals surface area contributed by atoms with E-state index in [4.69, 9.17) is 4.74 Å². The standard InChI is InChI=1S/C21H33N5OS.HI/c1-7-26(19-11-9-8-10-16(19)2)13-12-23-21(22-4)25(5)14-18-15-28-20(24-18)17(3)27-6;/h8-11,15,17H,7,12-14H2,1-6H3,(H,22,23);1H. The van der Waals surface area contributed by atoms with Crippen LogP contribution in [0.2, 0.25) is 0 Å². The molecule has 6 nitrogen and oxygen atoms in total. The van der Waals surface area contributed by atoms with Crippen molar-refractivity contribution >= 4 is 47.0 Å². The first-order chi connectivity index (χ1) is 13.5. The van der Waals surface area contributed by atoms with Gasteiger partial charge in [-0.15, -0.1) is 35.3 Å². The van der Waals surface area contributed by atoms with E-state index in [1.165, 1.54) is 11.3 Å². The molecular formula is C21H34IN5OS. The van der Waals surface area contributed by atoms with Crippen LogP contribution < -0.4 is 10.2 Å². The zero-order valence-electron chi connectivity index (χ0n) is 18.3. The van der Waals surface area contributed by atoms with Crippen LogP contribution in [0, 0.1) is 6.92 Å². The monoisotopic (exact) mass is 531 g/mol. The summed E-state index contributed by atoms with van der Waals surface area (Å²) in [7, 11) is 5.56. The van der Waals surface area contributed by atoms with Crippen LogP contribution in [0.4, 0.5) is 5.69 Å². The zero-order chi connectivity index (χ0) is 20.5. The third-order valence-electron chi connectivity index (χ3n) is 4.75. The SMILES string of the molecule is CCN(CCNC(=NC)N(C)Cc1csc(C(C)OC)n1)c1ccccc1C.I. The first-order valence-corrected chi connectivity index (χ1v) is 10.6. The number of aromatic nitrogens is 1. The number of likely N-dealkylation sites (N-methyl/N-ethyl adjacent to an activating group) is 1. The van der Waals surface area contributed by atoms with Crippen LogP contribution in [0.3, 0.4) is 0 Å². The first-order valence-electron chi connectivity index (χ1n) is 9.69. The number of nitrogens with one attached hydrogen (secondary N) is 1. The lowest BCUT2D eigenvalue weighted by atomic mass is 10.2. The Labute approximate surface area is 196 Å². The summed E-state index contributed by atoms with van der Waals surface area (Å²) in [4.78, 5) is 13.6. The number of benzene rings is 1. The van der Waals surface area contributed by atoms with Crippen LogP contribution in [0.15, 0.2) is 34.6 Å². The number of hydrogen-bond acceptors (Lipinski definition) is 5. The topological polar surface area (TPSA) is 53.0 Å². The number of aryl methyl sites for hydroxylation is 1. The second kappa shape index (κ2) is 13.0. The maximum absolute atomic E-state index is 5.35. The molecular weight excluding hydrogens is 497 g/mol. The molecule has 2 rings (SSSR count). The summed E-state index contributed by atoms with van der Waals surface area (Å²) in [6.07, 6.45) is 0.0305. The Bertz CT molecular complexity index is 767. The number of methoxy groups -OCH3 is 1. The lowest BCUT2D eigenvalue weighted by Crippen LogP contribution is -2.42. The predicted molar refractivity (Wildman–Crippen MR) is 135 cm³/mol. The fourth-order valence-electron chi connectivity index (χ4n) is 3.06. The van der Waals surface area contributed by atoms with E-state index in [1.807, 2.05) is 21.0 Å². The van der Waals surface area contributed by atoms with Gasteiger partial charge in [-0.25, -0.2) is 4.98 Å². The summed E-state index contributed by atoms with van der Waals surface area (Å²) in [6.45, 7) is 9.78. The van der Waals surface area contributed by atoms with Gasteiger partial charge >= 0.3 is 0 Å². The maximum atomic E-state index is 5.35. The summed E-state index contributed by atoms with van der Waals surface area (Å²) in [5.74, 6) is 0.871. The van der Waals surface area contributed by atoms with E-state index < -0.39 is 0 Å². The molecule has 0 radical (unpaired) electrons. The van der Waals surface area contributed by atoms with E-state index in [9.17, 15) is 0 Å². The Kier molecular flexibility index (Phi) is 11.5. The van der Waals surface area contributed by atoms with Crippen LogP contribution in [0.25, 0.3) is 0 Å². The Morgan fingerprint density at radius 1 is 1.34 bits per heavy atom. The van der Waals surface area contributed by atoms with Crippen molar-refractivity contribution in [2.24, 2.45) is 4.99 Å². The molecule has 29 heavy (non-hydrogen) atoms. The van der Waals surface area contributed by atoms with Gasteiger partial charge < -0.3 is 19.9 Å². The predicted octanol–water partition coefficient (Wildman–Crippen LogP) is 4.31. The van der Waals surface area contributed by atoms with E-state index in [-0.39, 0.29) is 30.1 Å². The van der Waals surface area contributed by atoms with Gasteiger partial charge in [0.2, 0.25) is 0 Å². The highest BCUT2D eigenvalue weighted by molar-refractivity contribution is 14.0. The van der Waals surface area contributed by atoms with Gasteiger partial charge in [0.15, 0.2) is 5.96 Å². The van der Waals surface area contributed by atoms with Gasteiger partial charge in [0.1, 0.15) is 11.1 Å². The lowest BCUT2D eigenvalue weighted by molar-refractivity contribution is 0.119. The second-order valence-electron chi connectivity index (χ2n) is 6.75. The molecule has 0 aliphatic heterocycles. The van der Waals surface area contributed by atoms with Crippen molar-refractivity contribution in [1.82, 2.24) is 15.2 Å². The van der Waals surface area contributed by atoms with E-state index in [1.54, 1.807) is 18.4 Å². The highest BCUT2D eigenvalue weighted by Crippen LogP contribution is 2.21. The van der Waals surface area contributed by atoms with Gasteiger partial charge in [0.25, 0.3) is 0 Å². The van der Waals surface area contributed by atoms with Crippen LogP contribution in [-0.4, -0.2) is 56.7 Å². The van der Waals surface area contributed by atoms with Gasteiger partial charge in [0.05, 0.1) is 12.2 Å². The van der Waals surface area contributed by atoms with Crippen molar-refractivity contribution in [2.45, 2.75) is 33.4 Å². The maximum Gasteiger partial charge on any atom is 0.193 e. The van der Waals surface area contributed by atoms with Gasteiger partial charge in [-0.3, -0.25) is 4.99 Å². The number of aliphatic imine (C=N–C) groups is 1. The summed E-state index contributed by atoms with van der Waals surface area (Å²) < 4.78 is 5.35. The molecule has 1 N–H and O–H groups in total. The number of halogens is 1. The van der Waals surface area contributed by atoms with Crippen molar-refractivity contribution < 1.29 is 4.74 Å². The third kappa shape index (κ3) is 7.42. The number of anilines is 1. The average molecular weight is 532 g/mol. The molecule has 0 spiro atoms. The van der Waals surface area contributed by atoms with E-state index in [0.717, 1.165) is 36.3 Å². The fraction of sp³-hybridized carbons (Fsp3) is 0.524. The van der Waals surface area contributed by atoms with Crippen LogP contribution in [-0.2, 0) is 11.3 Å². The third-order valence-corrected chi connectivity index (χ3v) is 5.80. The van der Waals surface area contributed by atoms with Crippen molar-refractivity contribution in [3.05, 3.63) is 45.9 Å². The van der Waals surface area contributed by atoms with Crippen molar-refractivity contribution in [3.8, 4) is 0 Å². The molecule has 2 aromatic rings. The van der Waals surface area contributed by atoms with Crippen molar-refractivity contribution in [1.29, 1.82) is 0 Å². The van der Waals surface area contributed by atoms with Crippen LogP contribution in [0.5, 0.6) is 0 Å². The molecule has 1 atom stereocenters.